The molecule has 1 atom stereocenters. The monoisotopic (exact) mass is 219 g/mol. The zero-order valence-corrected chi connectivity index (χ0v) is 9.48. The summed E-state index contributed by atoms with van der Waals surface area (Å²) in [6.07, 6.45) is 1.71. The van der Waals surface area contributed by atoms with Gasteiger partial charge in [-0.3, -0.25) is 4.79 Å². The van der Waals surface area contributed by atoms with Crippen molar-refractivity contribution in [3.05, 3.63) is 48.6 Å². The van der Waals surface area contributed by atoms with Crippen LogP contribution in [0.1, 0.15) is 12.5 Å². The highest BCUT2D eigenvalue weighted by atomic mass is 16.5. The van der Waals surface area contributed by atoms with Crippen LogP contribution in [-0.2, 0) is 16.1 Å². The molecule has 3 nitrogen and oxygen atoms in total. The second-order valence-electron chi connectivity index (χ2n) is 3.51. The lowest BCUT2D eigenvalue weighted by Crippen LogP contribution is -2.35. The Kier molecular flexibility index (Phi) is 5.29. The van der Waals surface area contributed by atoms with Crippen LogP contribution in [0.15, 0.2) is 43.0 Å². The van der Waals surface area contributed by atoms with Gasteiger partial charge in [-0.15, -0.1) is 6.58 Å². The molecule has 1 aromatic rings. The highest BCUT2D eigenvalue weighted by molar-refractivity contribution is 5.75. The average Bonchev–Trinajstić information content (AvgIpc) is 2.34. The first kappa shape index (κ1) is 12.5. The summed E-state index contributed by atoms with van der Waals surface area (Å²) in [5.41, 5.74) is 0.992. The van der Waals surface area contributed by atoms with Gasteiger partial charge in [0.15, 0.2) is 0 Å². The molecule has 1 rings (SSSR count). The van der Waals surface area contributed by atoms with Crippen molar-refractivity contribution in [3.63, 3.8) is 0 Å². The maximum Gasteiger partial charge on any atom is 0.323 e. The molecule has 1 N–H and O–H groups in total. The summed E-state index contributed by atoms with van der Waals surface area (Å²) in [6.45, 7) is 6.26. The van der Waals surface area contributed by atoms with Crippen molar-refractivity contribution in [3.8, 4) is 0 Å². The molecule has 1 aromatic carbocycles. The van der Waals surface area contributed by atoms with Gasteiger partial charge >= 0.3 is 5.97 Å². The lowest BCUT2D eigenvalue weighted by Gasteiger charge is -2.11. The second kappa shape index (κ2) is 6.80. The summed E-state index contributed by atoms with van der Waals surface area (Å²) < 4.78 is 5.15. The van der Waals surface area contributed by atoms with Gasteiger partial charge in [-0.05, 0) is 12.5 Å². The number of hydrogen-bond donors (Lipinski definition) is 1. The van der Waals surface area contributed by atoms with E-state index in [1.54, 1.807) is 13.0 Å². The fourth-order valence-corrected chi connectivity index (χ4v) is 1.20. The zero-order chi connectivity index (χ0) is 11.8. The Hall–Kier alpha value is -1.61. The third kappa shape index (κ3) is 4.28. The molecular weight excluding hydrogens is 202 g/mol. The van der Waals surface area contributed by atoms with Crippen molar-refractivity contribution in [2.75, 3.05) is 6.54 Å². The summed E-state index contributed by atoms with van der Waals surface area (Å²) >= 11 is 0. The quantitative estimate of drug-likeness (QED) is 0.586. The Balaban J connectivity index is 2.32. The van der Waals surface area contributed by atoms with E-state index in [4.69, 9.17) is 4.74 Å². The predicted molar refractivity (Wildman–Crippen MR) is 63.9 cm³/mol. The largest absolute Gasteiger partial charge is 0.460 e. The van der Waals surface area contributed by atoms with Gasteiger partial charge in [0.1, 0.15) is 12.6 Å². The van der Waals surface area contributed by atoms with Crippen molar-refractivity contribution < 1.29 is 9.53 Å². The molecule has 0 aromatic heterocycles. The van der Waals surface area contributed by atoms with Crippen molar-refractivity contribution in [1.29, 1.82) is 0 Å². The highest BCUT2D eigenvalue weighted by Gasteiger charge is 2.12. The maximum absolute atomic E-state index is 11.5. The number of esters is 1. The lowest BCUT2D eigenvalue weighted by atomic mass is 10.2. The van der Waals surface area contributed by atoms with Crippen molar-refractivity contribution in [2.24, 2.45) is 0 Å². The Morgan fingerprint density at radius 3 is 2.81 bits per heavy atom. The minimum Gasteiger partial charge on any atom is -0.460 e. The fraction of sp³-hybridized carbons (Fsp3) is 0.308. The van der Waals surface area contributed by atoms with Crippen LogP contribution in [0.2, 0.25) is 0 Å². The first-order chi connectivity index (χ1) is 7.74. The third-order valence-electron chi connectivity index (χ3n) is 2.15. The van der Waals surface area contributed by atoms with Gasteiger partial charge < -0.3 is 10.1 Å². The summed E-state index contributed by atoms with van der Waals surface area (Å²) in [4.78, 5) is 11.5. The average molecular weight is 219 g/mol. The Morgan fingerprint density at radius 2 is 2.19 bits per heavy atom. The molecule has 0 amide bonds. The van der Waals surface area contributed by atoms with E-state index in [0.29, 0.717) is 13.2 Å². The van der Waals surface area contributed by atoms with Crippen LogP contribution in [0.4, 0.5) is 0 Å². The molecule has 0 aliphatic carbocycles. The summed E-state index contributed by atoms with van der Waals surface area (Å²) in [6, 6.07) is 9.32. The van der Waals surface area contributed by atoms with Gasteiger partial charge in [-0.1, -0.05) is 36.4 Å². The van der Waals surface area contributed by atoms with Crippen molar-refractivity contribution in [1.82, 2.24) is 5.32 Å². The highest BCUT2D eigenvalue weighted by Crippen LogP contribution is 2.01. The molecule has 3 heteroatoms. The van der Waals surface area contributed by atoms with Gasteiger partial charge in [-0.25, -0.2) is 0 Å². The van der Waals surface area contributed by atoms with Gasteiger partial charge in [-0.2, -0.15) is 0 Å². The zero-order valence-electron chi connectivity index (χ0n) is 9.48. The van der Waals surface area contributed by atoms with Gasteiger partial charge in [0.05, 0.1) is 0 Å². The van der Waals surface area contributed by atoms with Crippen LogP contribution < -0.4 is 5.32 Å². The molecular formula is C13H17NO2. The van der Waals surface area contributed by atoms with Gasteiger partial charge in [0.2, 0.25) is 0 Å². The summed E-state index contributed by atoms with van der Waals surface area (Å²) in [7, 11) is 0. The maximum atomic E-state index is 11.5. The minimum absolute atomic E-state index is 0.245. The van der Waals surface area contributed by atoms with Gasteiger partial charge in [0.25, 0.3) is 0 Å². The van der Waals surface area contributed by atoms with E-state index in [0.717, 1.165) is 5.56 Å². The molecule has 0 spiro atoms. The molecule has 0 fully saturated rings. The van der Waals surface area contributed by atoms with E-state index >= 15 is 0 Å². The minimum atomic E-state index is -0.304. The van der Waals surface area contributed by atoms with E-state index in [1.807, 2.05) is 30.3 Å². The summed E-state index contributed by atoms with van der Waals surface area (Å²) in [5.74, 6) is -0.245. The number of carbonyl (C=O) groups is 1. The molecule has 0 bridgehead atoms. The molecule has 0 aliphatic heterocycles. The van der Waals surface area contributed by atoms with Crippen LogP contribution in [0, 0.1) is 0 Å². The molecule has 16 heavy (non-hydrogen) atoms. The standard InChI is InChI=1S/C13H17NO2/c1-3-9-14-11(2)13(15)16-10-12-7-5-4-6-8-12/h3-8,11,14H,1,9-10H2,2H3/t11-/m0/s1. The Bertz CT molecular complexity index is 335. The van der Waals surface area contributed by atoms with Crippen LogP contribution >= 0.6 is 0 Å². The first-order valence-electron chi connectivity index (χ1n) is 5.29. The van der Waals surface area contributed by atoms with E-state index in [2.05, 4.69) is 11.9 Å². The lowest BCUT2D eigenvalue weighted by molar-refractivity contribution is -0.146. The molecule has 86 valence electrons. The van der Waals surface area contributed by atoms with E-state index in [-0.39, 0.29) is 12.0 Å². The van der Waals surface area contributed by atoms with Crippen molar-refractivity contribution >= 4 is 5.97 Å². The second-order valence-corrected chi connectivity index (χ2v) is 3.51. The normalized spacial score (nSPS) is 11.8. The number of benzene rings is 1. The number of carbonyl (C=O) groups excluding carboxylic acids is 1. The molecule has 0 saturated heterocycles. The van der Waals surface area contributed by atoms with Crippen LogP contribution in [0.5, 0.6) is 0 Å². The van der Waals surface area contributed by atoms with Crippen LogP contribution in [0.25, 0.3) is 0 Å². The van der Waals surface area contributed by atoms with Crippen LogP contribution in [-0.4, -0.2) is 18.6 Å². The number of nitrogens with one attached hydrogen (secondary N) is 1. The van der Waals surface area contributed by atoms with E-state index in [9.17, 15) is 4.79 Å². The van der Waals surface area contributed by atoms with Gasteiger partial charge in [0, 0.05) is 6.54 Å². The molecule has 0 radical (unpaired) electrons. The van der Waals surface area contributed by atoms with E-state index < -0.39 is 0 Å². The summed E-state index contributed by atoms with van der Waals surface area (Å²) in [5, 5.41) is 2.98. The number of hydrogen-bond acceptors (Lipinski definition) is 3. The van der Waals surface area contributed by atoms with Crippen molar-refractivity contribution in [2.45, 2.75) is 19.6 Å². The molecule has 0 unspecified atom stereocenters. The fourth-order valence-electron chi connectivity index (χ4n) is 1.20. The smallest absolute Gasteiger partial charge is 0.323 e. The SMILES string of the molecule is C=CCN[C@@H](C)C(=O)OCc1ccccc1. The molecule has 0 aliphatic rings. The Morgan fingerprint density at radius 1 is 1.50 bits per heavy atom. The third-order valence-corrected chi connectivity index (χ3v) is 2.15. The molecule has 0 heterocycles. The topological polar surface area (TPSA) is 38.3 Å². The van der Waals surface area contributed by atoms with E-state index in [1.165, 1.54) is 0 Å². The predicted octanol–water partition coefficient (Wildman–Crippen LogP) is 1.89. The van der Waals surface area contributed by atoms with Crippen LogP contribution in [0.3, 0.4) is 0 Å². The molecule has 0 saturated carbocycles. The first-order valence-corrected chi connectivity index (χ1v) is 5.29. The number of rotatable bonds is 6. The Labute approximate surface area is 96.1 Å². The number of ether oxygens (including phenoxy) is 1.